The van der Waals surface area contributed by atoms with Crippen LogP contribution in [0.2, 0.25) is 0 Å². The van der Waals surface area contributed by atoms with E-state index in [0.29, 0.717) is 67.0 Å². The van der Waals surface area contributed by atoms with Crippen molar-refractivity contribution in [3.63, 3.8) is 0 Å². The number of carbonyl (C=O) groups is 2. The summed E-state index contributed by atoms with van der Waals surface area (Å²) in [5.41, 5.74) is 3.91. The summed E-state index contributed by atoms with van der Waals surface area (Å²) in [7, 11) is 0. The van der Waals surface area contributed by atoms with Crippen molar-refractivity contribution >= 4 is 40.4 Å². The van der Waals surface area contributed by atoms with Gasteiger partial charge < -0.3 is 29.3 Å². The molecule has 3 heterocycles. The Kier molecular flexibility index (Phi) is 9.71. The number of rotatable bonds is 15. The second kappa shape index (κ2) is 14.3. The van der Waals surface area contributed by atoms with Crippen molar-refractivity contribution in [3.8, 4) is 11.5 Å². The van der Waals surface area contributed by atoms with Gasteiger partial charge in [-0.25, -0.2) is 0 Å². The molecule has 0 bridgehead atoms. The van der Waals surface area contributed by atoms with Crippen molar-refractivity contribution < 1.29 is 23.8 Å². The molecule has 1 spiro atoms. The zero-order valence-electron chi connectivity index (χ0n) is 27.3. The van der Waals surface area contributed by atoms with E-state index in [1.807, 2.05) is 24.3 Å². The van der Waals surface area contributed by atoms with Gasteiger partial charge in [0.2, 0.25) is 5.78 Å². The van der Waals surface area contributed by atoms with E-state index in [1.165, 1.54) is 0 Å². The fraction of sp³-hybridized carbons (Fsp3) is 0.447. The number of ether oxygens (including phenoxy) is 3. The van der Waals surface area contributed by atoms with Gasteiger partial charge in [0.25, 0.3) is 5.91 Å². The fourth-order valence-electron chi connectivity index (χ4n) is 7.12. The van der Waals surface area contributed by atoms with Crippen molar-refractivity contribution in [2.75, 3.05) is 74.8 Å². The molecule has 3 aliphatic heterocycles. The van der Waals surface area contributed by atoms with E-state index in [4.69, 9.17) is 25.8 Å². The largest absolute Gasteiger partial charge is 0.457 e. The van der Waals surface area contributed by atoms with E-state index in [0.717, 1.165) is 87.2 Å². The average Bonchev–Trinajstić information content (AvgIpc) is 3.25. The van der Waals surface area contributed by atoms with Gasteiger partial charge in [-0.1, -0.05) is 25.0 Å². The standard InChI is InChI=1S/C38H43ClN4O5/c39-13-3-1-2-4-19-46-21-22-47-20-14-41-37(45)26-7-10-29-32(23-26)38(36(40)35(29)44)30-11-8-27(42-15-5-16-42)24-33(30)48-34-25-28(9-12-31(34)38)43-17-6-18-43/h7-12,23-25,40H,1-6,13-22H2,(H,41,45). The Morgan fingerprint density at radius 1 is 0.792 bits per heavy atom. The molecule has 2 N–H and O–H groups in total. The predicted molar refractivity (Wildman–Crippen MR) is 188 cm³/mol. The Bertz CT molecular complexity index is 1640. The highest BCUT2D eigenvalue weighted by Gasteiger charge is 2.56. The molecule has 2 fully saturated rings. The van der Waals surface area contributed by atoms with Gasteiger partial charge in [-0.05, 0) is 61.6 Å². The summed E-state index contributed by atoms with van der Waals surface area (Å²) in [5.74, 6) is 1.39. The minimum absolute atomic E-state index is 0.0277. The van der Waals surface area contributed by atoms with Gasteiger partial charge in [0.05, 0.1) is 30.9 Å². The number of amides is 1. The van der Waals surface area contributed by atoms with E-state index >= 15 is 0 Å². The number of carbonyl (C=O) groups excluding carboxylic acids is 2. The number of fused-ring (bicyclic) bond motifs is 6. The van der Waals surface area contributed by atoms with Crippen molar-refractivity contribution in [2.24, 2.45) is 0 Å². The first-order valence-electron chi connectivity index (χ1n) is 17.3. The Labute approximate surface area is 287 Å². The third kappa shape index (κ3) is 5.97. The molecule has 9 nitrogen and oxygen atoms in total. The first-order chi connectivity index (χ1) is 23.5. The summed E-state index contributed by atoms with van der Waals surface area (Å²) in [4.78, 5) is 31.8. The molecule has 1 amide bonds. The molecular weight excluding hydrogens is 628 g/mol. The summed E-state index contributed by atoms with van der Waals surface area (Å²) in [6.07, 6.45) is 6.60. The number of nitrogens with one attached hydrogen (secondary N) is 2. The number of hydrogen-bond donors (Lipinski definition) is 2. The zero-order valence-corrected chi connectivity index (χ0v) is 28.1. The molecule has 252 valence electrons. The second-order valence-electron chi connectivity index (χ2n) is 12.9. The maximum Gasteiger partial charge on any atom is 0.251 e. The zero-order chi connectivity index (χ0) is 33.1. The first-order valence-corrected chi connectivity index (χ1v) is 17.8. The van der Waals surface area contributed by atoms with Crippen LogP contribution in [0.3, 0.4) is 0 Å². The molecule has 0 unspecified atom stereocenters. The van der Waals surface area contributed by atoms with E-state index in [-0.39, 0.29) is 17.4 Å². The van der Waals surface area contributed by atoms with Crippen LogP contribution < -0.4 is 19.9 Å². The molecule has 3 aromatic rings. The molecule has 0 saturated carbocycles. The second-order valence-corrected chi connectivity index (χ2v) is 13.3. The van der Waals surface area contributed by atoms with Gasteiger partial charge >= 0.3 is 0 Å². The molecule has 0 atom stereocenters. The van der Waals surface area contributed by atoms with Crippen molar-refractivity contribution in [1.82, 2.24) is 5.32 Å². The van der Waals surface area contributed by atoms with Crippen LogP contribution in [0.5, 0.6) is 11.5 Å². The topological polar surface area (TPSA) is 104 Å². The lowest BCUT2D eigenvalue weighted by Gasteiger charge is -2.40. The lowest BCUT2D eigenvalue weighted by Crippen LogP contribution is -2.40. The number of hydrogen-bond acceptors (Lipinski definition) is 8. The van der Waals surface area contributed by atoms with Crippen molar-refractivity contribution in [1.29, 1.82) is 5.41 Å². The van der Waals surface area contributed by atoms with Crippen LogP contribution >= 0.6 is 11.6 Å². The number of halogens is 1. The predicted octanol–water partition coefficient (Wildman–Crippen LogP) is 6.33. The molecule has 48 heavy (non-hydrogen) atoms. The Morgan fingerprint density at radius 3 is 2.02 bits per heavy atom. The molecule has 0 radical (unpaired) electrons. The minimum atomic E-state index is -1.19. The van der Waals surface area contributed by atoms with E-state index in [9.17, 15) is 15.0 Å². The number of anilines is 2. The van der Waals surface area contributed by atoms with Crippen LogP contribution in [-0.4, -0.2) is 82.4 Å². The van der Waals surface area contributed by atoms with Crippen LogP contribution in [0, 0.1) is 5.41 Å². The summed E-state index contributed by atoms with van der Waals surface area (Å²) in [6, 6.07) is 17.3. The molecule has 3 aromatic carbocycles. The van der Waals surface area contributed by atoms with Crippen LogP contribution in [0.4, 0.5) is 11.4 Å². The van der Waals surface area contributed by atoms with Crippen LogP contribution in [0.1, 0.15) is 75.9 Å². The summed E-state index contributed by atoms with van der Waals surface area (Å²) in [5, 5.41) is 12.3. The summed E-state index contributed by atoms with van der Waals surface area (Å²) in [6.45, 7) is 6.35. The highest BCUT2D eigenvalue weighted by molar-refractivity contribution is 6.53. The normalized spacial score (nSPS) is 16.9. The van der Waals surface area contributed by atoms with Gasteiger partial charge in [-0.15, -0.1) is 11.6 Å². The lowest BCUT2D eigenvalue weighted by atomic mass is 9.67. The monoisotopic (exact) mass is 670 g/mol. The Hall–Kier alpha value is -3.92. The highest BCUT2D eigenvalue weighted by Crippen LogP contribution is 2.57. The van der Waals surface area contributed by atoms with E-state index in [1.54, 1.807) is 18.2 Å². The number of unbranched alkanes of at least 4 members (excludes halogenated alkanes) is 3. The molecular formula is C38H43ClN4O5. The summed E-state index contributed by atoms with van der Waals surface area (Å²) >= 11 is 5.71. The van der Waals surface area contributed by atoms with Crippen molar-refractivity contribution in [3.05, 3.63) is 82.4 Å². The number of nitrogens with zero attached hydrogens (tertiary/aromatic N) is 2. The number of ketones is 1. The number of alkyl halides is 1. The van der Waals surface area contributed by atoms with E-state index in [2.05, 4.69) is 27.2 Å². The Balaban J connectivity index is 1.10. The van der Waals surface area contributed by atoms with Gasteiger partial charge in [0.15, 0.2) is 0 Å². The quantitative estimate of drug-likeness (QED) is 0.144. The summed E-state index contributed by atoms with van der Waals surface area (Å²) < 4.78 is 17.9. The van der Waals surface area contributed by atoms with Gasteiger partial charge in [-0.3, -0.25) is 15.0 Å². The molecule has 4 aliphatic rings. The van der Waals surface area contributed by atoms with Gasteiger partial charge in [0.1, 0.15) is 11.5 Å². The maximum absolute atomic E-state index is 13.8. The molecule has 10 heteroatoms. The smallest absolute Gasteiger partial charge is 0.251 e. The lowest BCUT2D eigenvalue weighted by molar-refractivity contribution is 0.0468. The third-order valence-electron chi connectivity index (χ3n) is 10.0. The van der Waals surface area contributed by atoms with Gasteiger partial charge in [-0.2, -0.15) is 0 Å². The molecule has 0 aromatic heterocycles. The molecule has 1 aliphatic carbocycles. The van der Waals surface area contributed by atoms with Crippen LogP contribution in [0.25, 0.3) is 0 Å². The average molecular weight is 671 g/mol. The van der Waals surface area contributed by atoms with E-state index < -0.39 is 5.41 Å². The highest BCUT2D eigenvalue weighted by atomic mass is 35.5. The minimum Gasteiger partial charge on any atom is -0.457 e. The first kappa shape index (κ1) is 32.6. The van der Waals surface area contributed by atoms with Crippen molar-refractivity contribution in [2.45, 2.75) is 43.9 Å². The molecule has 2 saturated heterocycles. The SMILES string of the molecule is N=C1C(=O)c2ccc(C(=O)NCCOCCOCCCCCCCl)cc2C12c1ccc(N3CCC3)cc1Oc1cc(N3CCC3)ccc12. The number of Topliss-reactive ketones (excluding diaryl/α,β-unsaturated/α-hetero) is 1. The van der Waals surface area contributed by atoms with Crippen LogP contribution in [-0.2, 0) is 14.9 Å². The fourth-order valence-corrected chi connectivity index (χ4v) is 7.31. The molecule has 7 rings (SSSR count). The van der Waals surface area contributed by atoms with Crippen LogP contribution in [0.15, 0.2) is 54.6 Å². The third-order valence-corrected chi connectivity index (χ3v) is 10.3. The Morgan fingerprint density at radius 2 is 1.42 bits per heavy atom. The van der Waals surface area contributed by atoms with Gasteiger partial charge in [0, 0.05) is 91.0 Å². The maximum atomic E-state index is 13.8. The number of benzene rings is 3.